The number of nitrogens with zero attached hydrogens (tertiary/aromatic N) is 1. The molecule has 0 radical (unpaired) electrons. The number of nitro groups is 1. The molecule has 21 heavy (non-hydrogen) atoms. The van der Waals surface area contributed by atoms with E-state index in [9.17, 15) is 14.9 Å². The first-order chi connectivity index (χ1) is 10.1. The van der Waals surface area contributed by atoms with E-state index >= 15 is 0 Å². The maximum atomic E-state index is 11.6. The molecule has 2 rings (SSSR count). The molecule has 1 fully saturated rings. The van der Waals surface area contributed by atoms with Crippen molar-refractivity contribution in [3.63, 3.8) is 0 Å². The van der Waals surface area contributed by atoms with Crippen molar-refractivity contribution in [1.29, 1.82) is 0 Å². The molecule has 8 heteroatoms. The number of rotatable bonds is 3. The van der Waals surface area contributed by atoms with E-state index in [1.807, 2.05) is 0 Å². The minimum absolute atomic E-state index is 0.0795. The van der Waals surface area contributed by atoms with Crippen LogP contribution in [0.15, 0.2) is 24.3 Å². The minimum Gasteiger partial charge on any atom is -0.428 e. The lowest BCUT2D eigenvalue weighted by Gasteiger charge is -2.20. The van der Waals surface area contributed by atoms with Gasteiger partial charge in [-0.05, 0) is 25.0 Å². The summed E-state index contributed by atoms with van der Waals surface area (Å²) in [5, 5.41) is 10.5. The third kappa shape index (κ3) is 5.01. The van der Waals surface area contributed by atoms with Crippen LogP contribution in [0.4, 0.5) is 10.5 Å². The van der Waals surface area contributed by atoms with Gasteiger partial charge in [0.15, 0.2) is 0 Å². The van der Waals surface area contributed by atoms with Crippen molar-refractivity contribution in [2.24, 2.45) is 0 Å². The van der Waals surface area contributed by atoms with Gasteiger partial charge in [0.05, 0.1) is 11.5 Å². The summed E-state index contributed by atoms with van der Waals surface area (Å²) in [6.07, 6.45) is 0.132. The quantitative estimate of drug-likeness (QED) is 0.365. The van der Waals surface area contributed by atoms with Crippen LogP contribution in [0.2, 0.25) is 0 Å². The molecule has 0 N–H and O–H groups in total. The first kappa shape index (κ1) is 15.2. The molecule has 1 saturated heterocycles. The molecule has 0 saturated carbocycles. The summed E-state index contributed by atoms with van der Waals surface area (Å²) < 4.78 is 20.3. The zero-order valence-corrected chi connectivity index (χ0v) is 11.2. The molecule has 0 unspecified atom stereocenters. The van der Waals surface area contributed by atoms with Crippen molar-refractivity contribution < 1.29 is 28.7 Å². The van der Waals surface area contributed by atoms with Crippen LogP contribution in [0.3, 0.4) is 0 Å². The Hall–Kier alpha value is -2.19. The Balaban J connectivity index is 1.84. The van der Waals surface area contributed by atoms with E-state index in [1.54, 1.807) is 0 Å². The molecule has 8 nitrogen and oxygen atoms in total. The highest BCUT2D eigenvalue weighted by Gasteiger charge is 2.18. The van der Waals surface area contributed by atoms with E-state index in [0.717, 1.165) is 6.42 Å². The Bertz CT molecular complexity index is 480. The lowest BCUT2D eigenvalue weighted by molar-refractivity contribution is -0.384. The van der Waals surface area contributed by atoms with Crippen molar-refractivity contribution >= 4 is 11.8 Å². The summed E-state index contributed by atoms with van der Waals surface area (Å²) in [7, 11) is 0. The molecule has 1 aromatic carbocycles. The fourth-order valence-corrected chi connectivity index (χ4v) is 1.78. The maximum absolute atomic E-state index is 11.6. The molecule has 0 amide bonds. The Morgan fingerprint density at radius 1 is 1.29 bits per heavy atom. The minimum atomic E-state index is -0.862. The molecule has 0 bridgehead atoms. The summed E-state index contributed by atoms with van der Waals surface area (Å²) >= 11 is 0. The number of carbonyl (C=O) groups excluding carboxylic acids is 1. The summed E-state index contributed by atoms with van der Waals surface area (Å²) in [5.41, 5.74) is -0.0795. The van der Waals surface area contributed by atoms with E-state index in [4.69, 9.17) is 18.9 Å². The van der Waals surface area contributed by atoms with Gasteiger partial charge in [0.25, 0.3) is 5.69 Å². The van der Waals surface area contributed by atoms with E-state index in [2.05, 4.69) is 0 Å². The molecule has 0 aromatic heterocycles. The Kier molecular flexibility index (Phi) is 5.47. The van der Waals surface area contributed by atoms with Gasteiger partial charge >= 0.3 is 6.16 Å². The molecule has 0 spiro atoms. The van der Waals surface area contributed by atoms with Gasteiger partial charge in [-0.15, -0.1) is 0 Å². The second kappa shape index (κ2) is 7.55. The van der Waals surface area contributed by atoms with E-state index in [0.29, 0.717) is 13.0 Å². The van der Waals surface area contributed by atoms with Crippen molar-refractivity contribution in [3.8, 4) is 5.75 Å². The Labute approximate surface area is 120 Å². The SMILES string of the molecule is O=C(Oc1ccc([N+](=O)[O-])cc1)O[C@H]1CCCOCOC1. The number of non-ortho nitro benzene ring substituents is 1. The fraction of sp³-hybridized carbons (Fsp3) is 0.462. The maximum Gasteiger partial charge on any atom is 0.514 e. The van der Waals surface area contributed by atoms with E-state index in [-0.39, 0.29) is 30.9 Å². The number of ether oxygens (including phenoxy) is 4. The summed E-state index contributed by atoms with van der Waals surface area (Å²) in [4.78, 5) is 21.6. The Morgan fingerprint density at radius 2 is 2.05 bits per heavy atom. The van der Waals surface area contributed by atoms with Crippen LogP contribution in [0.1, 0.15) is 12.8 Å². The number of nitro benzene ring substituents is 1. The number of carbonyl (C=O) groups is 1. The zero-order valence-electron chi connectivity index (χ0n) is 11.2. The third-order valence-corrected chi connectivity index (χ3v) is 2.80. The van der Waals surface area contributed by atoms with Gasteiger partial charge in [-0.1, -0.05) is 0 Å². The molecule has 1 aliphatic rings. The average molecular weight is 297 g/mol. The predicted molar refractivity (Wildman–Crippen MR) is 70.0 cm³/mol. The van der Waals surface area contributed by atoms with Gasteiger partial charge in [0.1, 0.15) is 18.6 Å². The summed E-state index contributed by atoms with van der Waals surface area (Å²) in [6, 6.07) is 5.17. The van der Waals surface area contributed by atoms with Gasteiger partial charge < -0.3 is 18.9 Å². The van der Waals surface area contributed by atoms with Gasteiger partial charge in [-0.3, -0.25) is 10.1 Å². The van der Waals surface area contributed by atoms with Crippen molar-refractivity contribution in [1.82, 2.24) is 0 Å². The van der Waals surface area contributed by atoms with Crippen LogP contribution in [0, 0.1) is 10.1 Å². The average Bonchev–Trinajstić information content (AvgIpc) is 2.42. The summed E-state index contributed by atoms with van der Waals surface area (Å²) in [6.45, 7) is 0.976. The molecular formula is C13H15NO7. The molecular weight excluding hydrogens is 282 g/mol. The normalized spacial score (nSPS) is 19.1. The van der Waals surface area contributed by atoms with Gasteiger partial charge in [0.2, 0.25) is 0 Å². The van der Waals surface area contributed by atoms with Gasteiger partial charge in [-0.2, -0.15) is 0 Å². The molecule has 0 aliphatic carbocycles. The van der Waals surface area contributed by atoms with Gasteiger partial charge in [-0.25, -0.2) is 4.79 Å². The van der Waals surface area contributed by atoms with E-state index < -0.39 is 11.1 Å². The zero-order chi connectivity index (χ0) is 15.1. The largest absolute Gasteiger partial charge is 0.514 e. The van der Waals surface area contributed by atoms with Gasteiger partial charge in [0, 0.05) is 18.7 Å². The second-order valence-corrected chi connectivity index (χ2v) is 4.38. The third-order valence-electron chi connectivity index (χ3n) is 2.80. The first-order valence-electron chi connectivity index (χ1n) is 6.43. The predicted octanol–water partition coefficient (Wildman–Crippen LogP) is 2.26. The van der Waals surface area contributed by atoms with Crippen LogP contribution in [-0.2, 0) is 14.2 Å². The number of benzene rings is 1. The molecule has 1 aliphatic heterocycles. The van der Waals surface area contributed by atoms with Crippen LogP contribution >= 0.6 is 0 Å². The smallest absolute Gasteiger partial charge is 0.428 e. The molecule has 114 valence electrons. The summed E-state index contributed by atoms with van der Waals surface area (Å²) in [5.74, 6) is 0.181. The highest BCUT2D eigenvalue weighted by molar-refractivity contribution is 5.64. The Morgan fingerprint density at radius 3 is 2.76 bits per heavy atom. The lowest BCUT2D eigenvalue weighted by atomic mass is 10.2. The topological polar surface area (TPSA) is 97.1 Å². The molecule has 1 atom stereocenters. The van der Waals surface area contributed by atoms with Crippen LogP contribution < -0.4 is 4.74 Å². The van der Waals surface area contributed by atoms with Crippen LogP contribution in [0.5, 0.6) is 5.75 Å². The standard InChI is InChI=1S/C13H15NO7/c15-13(21-12-2-1-7-18-9-19-8-12)20-11-5-3-10(4-6-11)14(16)17/h3-6,12H,1-2,7-9H2/t12-/m0/s1. The molecule has 1 aromatic rings. The number of hydrogen-bond acceptors (Lipinski definition) is 7. The van der Waals surface area contributed by atoms with Crippen LogP contribution in [-0.4, -0.2) is 37.2 Å². The van der Waals surface area contributed by atoms with Crippen molar-refractivity contribution in [3.05, 3.63) is 34.4 Å². The highest BCUT2D eigenvalue weighted by Crippen LogP contribution is 2.18. The number of hydrogen-bond donors (Lipinski definition) is 0. The second-order valence-electron chi connectivity index (χ2n) is 4.38. The van der Waals surface area contributed by atoms with Crippen molar-refractivity contribution in [2.45, 2.75) is 18.9 Å². The molecule has 1 heterocycles. The lowest BCUT2D eigenvalue weighted by Crippen LogP contribution is -2.28. The monoisotopic (exact) mass is 297 g/mol. The fourth-order valence-electron chi connectivity index (χ4n) is 1.78. The van der Waals surface area contributed by atoms with E-state index in [1.165, 1.54) is 24.3 Å². The highest BCUT2D eigenvalue weighted by atomic mass is 16.7. The van der Waals surface area contributed by atoms with Crippen molar-refractivity contribution in [2.75, 3.05) is 20.0 Å². The van der Waals surface area contributed by atoms with Crippen LogP contribution in [0.25, 0.3) is 0 Å². The first-order valence-corrected chi connectivity index (χ1v) is 6.43.